The van der Waals surface area contributed by atoms with Crippen molar-refractivity contribution in [2.75, 3.05) is 13.1 Å². The van der Waals surface area contributed by atoms with Crippen molar-refractivity contribution in [2.45, 2.75) is 25.8 Å². The van der Waals surface area contributed by atoms with Crippen LogP contribution in [-0.2, 0) is 16.1 Å². The SMILES string of the molecule is O=C1C(c2ccc(Cl)cc2Cl)=C(N2CCCCC2)C(=O)N1Cc1ccccc1. The minimum atomic E-state index is -0.307. The molecule has 0 radical (unpaired) electrons. The summed E-state index contributed by atoms with van der Waals surface area (Å²) in [4.78, 5) is 30.0. The van der Waals surface area contributed by atoms with Crippen LogP contribution < -0.4 is 0 Å². The minimum absolute atomic E-state index is 0.241. The summed E-state index contributed by atoms with van der Waals surface area (Å²) in [6.07, 6.45) is 3.15. The highest BCUT2D eigenvalue weighted by Crippen LogP contribution is 2.37. The van der Waals surface area contributed by atoms with E-state index in [4.69, 9.17) is 23.2 Å². The molecule has 0 bridgehead atoms. The second kappa shape index (κ2) is 7.98. The van der Waals surface area contributed by atoms with Gasteiger partial charge in [-0.05, 0) is 37.0 Å². The molecule has 2 aromatic rings. The molecule has 0 atom stereocenters. The Bertz CT molecular complexity index is 950. The number of imide groups is 1. The number of rotatable bonds is 4. The van der Waals surface area contributed by atoms with E-state index in [9.17, 15) is 9.59 Å². The van der Waals surface area contributed by atoms with Crippen molar-refractivity contribution >= 4 is 40.6 Å². The van der Waals surface area contributed by atoms with E-state index in [1.807, 2.05) is 35.2 Å². The third-order valence-corrected chi connectivity index (χ3v) is 5.75. The summed E-state index contributed by atoms with van der Waals surface area (Å²) in [6, 6.07) is 14.6. The molecule has 0 aromatic heterocycles. The lowest BCUT2D eigenvalue weighted by Gasteiger charge is -2.29. The fourth-order valence-electron chi connectivity index (χ4n) is 3.82. The molecule has 4 nitrogen and oxygen atoms in total. The summed E-state index contributed by atoms with van der Waals surface area (Å²) in [5.74, 6) is -0.560. The molecule has 28 heavy (non-hydrogen) atoms. The van der Waals surface area contributed by atoms with Gasteiger partial charge in [0.25, 0.3) is 11.8 Å². The van der Waals surface area contributed by atoms with E-state index in [-0.39, 0.29) is 18.4 Å². The molecule has 6 heteroatoms. The van der Waals surface area contributed by atoms with Gasteiger partial charge in [0.2, 0.25) is 0 Å². The molecule has 2 aliphatic heterocycles. The van der Waals surface area contributed by atoms with Gasteiger partial charge in [0.15, 0.2) is 0 Å². The van der Waals surface area contributed by atoms with Gasteiger partial charge in [0.05, 0.1) is 17.1 Å². The molecule has 2 heterocycles. The Morgan fingerprint density at radius 2 is 1.57 bits per heavy atom. The van der Waals surface area contributed by atoms with Crippen LogP contribution in [-0.4, -0.2) is 34.7 Å². The van der Waals surface area contributed by atoms with Crippen LogP contribution in [0.4, 0.5) is 0 Å². The van der Waals surface area contributed by atoms with E-state index >= 15 is 0 Å². The van der Waals surface area contributed by atoms with E-state index in [0.717, 1.165) is 37.9 Å². The van der Waals surface area contributed by atoms with Crippen molar-refractivity contribution in [3.63, 3.8) is 0 Å². The number of halogens is 2. The Kier molecular flexibility index (Phi) is 5.42. The predicted octanol–water partition coefficient (Wildman–Crippen LogP) is 4.76. The van der Waals surface area contributed by atoms with E-state index in [0.29, 0.717) is 26.9 Å². The molecule has 4 rings (SSSR count). The molecule has 2 aromatic carbocycles. The maximum atomic E-state index is 13.3. The summed E-state index contributed by atoms with van der Waals surface area (Å²) in [5, 5.41) is 0.867. The first-order valence-electron chi connectivity index (χ1n) is 9.41. The summed E-state index contributed by atoms with van der Waals surface area (Å²) in [5.41, 5.74) is 2.31. The quantitative estimate of drug-likeness (QED) is 0.677. The number of carbonyl (C=O) groups is 2. The van der Waals surface area contributed by atoms with Crippen molar-refractivity contribution in [3.05, 3.63) is 75.4 Å². The number of piperidine rings is 1. The lowest BCUT2D eigenvalue weighted by Crippen LogP contribution is -2.36. The molecule has 144 valence electrons. The van der Waals surface area contributed by atoms with Crippen LogP contribution >= 0.6 is 23.2 Å². The lowest BCUT2D eigenvalue weighted by molar-refractivity contribution is -0.138. The van der Waals surface area contributed by atoms with Crippen LogP contribution in [0, 0.1) is 0 Å². The molecular formula is C22H20Cl2N2O2. The number of amides is 2. The zero-order valence-corrected chi connectivity index (χ0v) is 16.8. The maximum Gasteiger partial charge on any atom is 0.278 e. The second-order valence-corrected chi connectivity index (χ2v) is 7.92. The van der Waals surface area contributed by atoms with E-state index < -0.39 is 0 Å². The van der Waals surface area contributed by atoms with E-state index in [1.54, 1.807) is 18.2 Å². The smallest absolute Gasteiger partial charge is 0.278 e. The van der Waals surface area contributed by atoms with Crippen molar-refractivity contribution in [1.29, 1.82) is 0 Å². The maximum absolute atomic E-state index is 13.3. The van der Waals surface area contributed by atoms with Gasteiger partial charge in [0, 0.05) is 23.7 Å². The molecule has 0 N–H and O–H groups in total. The van der Waals surface area contributed by atoms with Crippen LogP contribution in [0.3, 0.4) is 0 Å². The molecule has 1 fully saturated rings. The number of carbonyl (C=O) groups excluding carboxylic acids is 2. The molecular weight excluding hydrogens is 395 g/mol. The second-order valence-electron chi connectivity index (χ2n) is 7.08. The fourth-order valence-corrected chi connectivity index (χ4v) is 4.32. The molecule has 0 saturated carbocycles. The van der Waals surface area contributed by atoms with Gasteiger partial charge in [-0.3, -0.25) is 14.5 Å². The third-order valence-electron chi connectivity index (χ3n) is 5.20. The van der Waals surface area contributed by atoms with Gasteiger partial charge < -0.3 is 4.90 Å². The van der Waals surface area contributed by atoms with Crippen LogP contribution in [0.2, 0.25) is 10.0 Å². The minimum Gasteiger partial charge on any atom is -0.366 e. The highest BCUT2D eigenvalue weighted by atomic mass is 35.5. The molecule has 1 saturated heterocycles. The Labute approximate surface area is 174 Å². The summed E-state index contributed by atoms with van der Waals surface area (Å²) < 4.78 is 0. The van der Waals surface area contributed by atoms with Gasteiger partial charge in [-0.25, -0.2) is 0 Å². The monoisotopic (exact) mass is 414 g/mol. The summed E-state index contributed by atoms with van der Waals surface area (Å²) in [6.45, 7) is 1.77. The van der Waals surface area contributed by atoms with Gasteiger partial charge in [0.1, 0.15) is 5.70 Å². The average Bonchev–Trinajstić information content (AvgIpc) is 2.94. The number of benzene rings is 2. The number of nitrogens with zero attached hydrogens (tertiary/aromatic N) is 2. The van der Waals surface area contributed by atoms with Crippen LogP contribution in [0.15, 0.2) is 54.2 Å². The fraction of sp³-hybridized carbons (Fsp3) is 0.273. The average molecular weight is 415 g/mol. The zero-order chi connectivity index (χ0) is 19.7. The number of likely N-dealkylation sites (tertiary alicyclic amines) is 1. The van der Waals surface area contributed by atoms with E-state index in [2.05, 4.69) is 0 Å². The molecule has 0 aliphatic carbocycles. The van der Waals surface area contributed by atoms with Gasteiger partial charge in [-0.15, -0.1) is 0 Å². The van der Waals surface area contributed by atoms with Crippen LogP contribution in [0.5, 0.6) is 0 Å². The first kappa shape index (κ1) is 19.0. The van der Waals surface area contributed by atoms with Gasteiger partial charge in [-0.1, -0.05) is 59.6 Å². The van der Waals surface area contributed by atoms with E-state index in [1.165, 1.54) is 4.90 Å². The lowest BCUT2D eigenvalue weighted by atomic mass is 10.0. The summed E-state index contributed by atoms with van der Waals surface area (Å²) in [7, 11) is 0. The highest BCUT2D eigenvalue weighted by Gasteiger charge is 2.42. The zero-order valence-electron chi connectivity index (χ0n) is 15.3. The molecule has 2 amide bonds. The Morgan fingerprint density at radius 3 is 2.25 bits per heavy atom. The molecule has 2 aliphatic rings. The van der Waals surface area contributed by atoms with Crippen molar-refractivity contribution < 1.29 is 9.59 Å². The Hall–Kier alpha value is -2.30. The van der Waals surface area contributed by atoms with Crippen LogP contribution in [0.1, 0.15) is 30.4 Å². The first-order valence-corrected chi connectivity index (χ1v) is 10.2. The normalized spacial score (nSPS) is 17.6. The van der Waals surface area contributed by atoms with Gasteiger partial charge in [-0.2, -0.15) is 0 Å². The molecule has 0 unspecified atom stereocenters. The Balaban J connectivity index is 1.78. The topological polar surface area (TPSA) is 40.6 Å². The predicted molar refractivity (Wildman–Crippen MR) is 111 cm³/mol. The molecule has 0 spiro atoms. The van der Waals surface area contributed by atoms with Crippen molar-refractivity contribution in [2.24, 2.45) is 0 Å². The van der Waals surface area contributed by atoms with Gasteiger partial charge >= 0.3 is 0 Å². The highest BCUT2D eigenvalue weighted by molar-refractivity contribution is 6.41. The standard InChI is InChI=1S/C22H20Cl2N2O2/c23-16-9-10-17(18(24)13-16)19-20(25-11-5-2-6-12-25)22(28)26(21(19)27)14-15-7-3-1-4-8-15/h1,3-4,7-10,13H,2,5-6,11-12,14H2. The summed E-state index contributed by atoms with van der Waals surface area (Å²) >= 11 is 12.5. The number of hydrogen-bond acceptors (Lipinski definition) is 3. The van der Waals surface area contributed by atoms with Crippen LogP contribution in [0.25, 0.3) is 5.57 Å². The largest absolute Gasteiger partial charge is 0.366 e. The Morgan fingerprint density at radius 1 is 0.857 bits per heavy atom. The van der Waals surface area contributed by atoms with Crippen molar-refractivity contribution in [3.8, 4) is 0 Å². The number of hydrogen-bond donors (Lipinski definition) is 0. The first-order chi connectivity index (χ1) is 13.6. The third kappa shape index (κ3) is 3.54. The van der Waals surface area contributed by atoms with Crippen molar-refractivity contribution in [1.82, 2.24) is 9.80 Å².